The molecule has 6 nitrogen and oxygen atoms in total. The van der Waals surface area contributed by atoms with E-state index in [1.54, 1.807) is 12.3 Å². The highest BCUT2D eigenvalue weighted by atomic mass is 16.5. The predicted molar refractivity (Wildman–Crippen MR) is 87.3 cm³/mol. The third-order valence-corrected chi connectivity index (χ3v) is 4.27. The number of carbonyl (C=O) groups excluding carboxylic acids is 2. The van der Waals surface area contributed by atoms with Crippen molar-refractivity contribution in [2.24, 2.45) is 5.92 Å². The molecule has 1 fully saturated rings. The maximum atomic E-state index is 12.5. The standard InChI is InChI=1S/C18H17N3O3/c22-17(19-9-13-7-8-24-20-13)11-21-10-15(18(23)12-5-6-12)14-3-1-2-4-16(14)21/h1-4,7-8,10,12H,5-6,9,11H2,(H,19,22). The Morgan fingerprint density at radius 2 is 2.08 bits per heavy atom. The summed E-state index contributed by atoms with van der Waals surface area (Å²) in [6.45, 7) is 0.485. The zero-order valence-corrected chi connectivity index (χ0v) is 13.1. The van der Waals surface area contributed by atoms with Gasteiger partial charge in [0.05, 0.1) is 6.54 Å². The molecular weight excluding hydrogens is 306 g/mol. The number of fused-ring (bicyclic) bond motifs is 1. The van der Waals surface area contributed by atoms with Gasteiger partial charge in [0.25, 0.3) is 0 Å². The lowest BCUT2D eigenvalue weighted by Crippen LogP contribution is -2.27. The van der Waals surface area contributed by atoms with Gasteiger partial charge in [0.15, 0.2) is 5.78 Å². The zero-order chi connectivity index (χ0) is 16.5. The van der Waals surface area contributed by atoms with Gasteiger partial charge in [-0.2, -0.15) is 0 Å². The van der Waals surface area contributed by atoms with Crippen LogP contribution in [0.2, 0.25) is 0 Å². The fourth-order valence-electron chi connectivity index (χ4n) is 2.87. The average molecular weight is 323 g/mol. The highest BCUT2D eigenvalue weighted by molar-refractivity contribution is 6.10. The third-order valence-electron chi connectivity index (χ3n) is 4.27. The van der Waals surface area contributed by atoms with E-state index in [2.05, 4.69) is 10.5 Å². The van der Waals surface area contributed by atoms with Crippen molar-refractivity contribution < 1.29 is 14.1 Å². The molecule has 1 aliphatic carbocycles. The molecule has 0 spiro atoms. The van der Waals surface area contributed by atoms with E-state index in [9.17, 15) is 9.59 Å². The molecule has 2 aromatic heterocycles. The van der Waals surface area contributed by atoms with Crippen LogP contribution >= 0.6 is 0 Å². The summed E-state index contributed by atoms with van der Waals surface area (Å²) in [5.41, 5.74) is 2.29. The lowest BCUT2D eigenvalue weighted by atomic mass is 10.1. The summed E-state index contributed by atoms with van der Waals surface area (Å²) in [4.78, 5) is 24.7. The number of benzene rings is 1. The number of hydrogen-bond donors (Lipinski definition) is 1. The molecule has 0 bridgehead atoms. The van der Waals surface area contributed by atoms with E-state index in [0.29, 0.717) is 12.2 Å². The molecule has 0 saturated heterocycles. The first-order valence-corrected chi connectivity index (χ1v) is 8.00. The first kappa shape index (κ1) is 14.7. The van der Waals surface area contributed by atoms with Crippen molar-refractivity contribution in [2.75, 3.05) is 0 Å². The van der Waals surface area contributed by atoms with Crippen LogP contribution in [0.1, 0.15) is 28.9 Å². The molecule has 1 saturated carbocycles. The number of Topliss-reactive ketones (excluding diaryl/α,β-unsaturated/α-hetero) is 1. The molecule has 2 heterocycles. The highest BCUT2D eigenvalue weighted by Crippen LogP contribution is 2.35. The minimum absolute atomic E-state index is 0.135. The predicted octanol–water partition coefficient (Wildman–Crippen LogP) is 2.54. The largest absolute Gasteiger partial charge is 0.364 e. The number of amides is 1. The van der Waals surface area contributed by atoms with Crippen LogP contribution in [0.3, 0.4) is 0 Å². The number of para-hydroxylation sites is 1. The van der Waals surface area contributed by atoms with Crippen molar-refractivity contribution in [3.05, 3.63) is 54.0 Å². The van der Waals surface area contributed by atoms with Gasteiger partial charge in [0.2, 0.25) is 5.91 Å². The van der Waals surface area contributed by atoms with Gasteiger partial charge >= 0.3 is 0 Å². The van der Waals surface area contributed by atoms with Crippen LogP contribution in [0, 0.1) is 5.92 Å². The molecule has 0 unspecified atom stereocenters. The maximum Gasteiger partial charge on any atom is 0.240 e. The number of hydrogen-bond acceptors (Lipinski definition) is 4. The number of rotatable bonds is 6. The van der Waals surface area contributed by atoms with Crippen molar-refractivity contribution in [1.82, 2.24) is 15.0 Å². The fraction of sp³-hybridized carbons (Fsp3) is 0.278. The van der Waals surface area contributed by atoms with Gasteiger partial charge in [0.1, 0.15) is 18.5 Å². The monoisotopic (exact) mass is 323 g/mol. The normalized spacial score (nSPS) is 14.0. The second kappa shape index (κ2) is 5.96. The van der Waals surface area contributed by atoms with Crippen molar-refractivity contribution in [2.45, 2.75) is 25.9 Å². The smallest absolute Gasteiger partial charge is 0.240 e. The number of carbonyl (C=O) groups is 2. The molecule has 0 radical (unpaired) electrons. The summed E-state index contributed by atoms with van der Waals surface area (Å²) in [5.74, 6) is 0.211. The van der Waals surface area contributed by atoms with Crippen LogP contribution in [0.15, 0.2) is 47.3 Å². The van der Waals surface area contributed by atoms with E-state index in [1.807, 2.05) is 28.8 Å². The molecule has 1 aliphatic rings. The Hall–Kier alpha value is -2.89. The van der Waals surface area contributed by atoms with Crippen LogP contribution in [0.25, 0.3) is 10.9 Å². The molecule has 0 atom stereocenters. The summed E-state index contributed by atoms with van der Waals surface area (Å²) in [5, 5.41) is 7.48. The Kier molecular flexibility index (Phi) is 3.65. The third kappa shape index (κ3) is 2.82. The summed E-state index contributed by atoms with van der Waals surface area (Å²) in [6, 6.07) is 9.41. The topological polar surface area (TPSA) is 77.1 Å². The Morgan fingerprint density at radius 3 is 2.83 bits per heavy atom. The molecule has 1 amide bonds. The van der Waals surface area contributed by atoms with E-state index in [0.717, 1.165) is 29.3 Å². The highest BCUT2D eigenvalue weighted by Gasteiger charge is 2.32. The van der Waals surface area contributed by atoms with E-state index < -0.39 is 0 Å². The Balaban J connectivity index is 1.55. The Labute approximate surface area is 138 Å². The molecule has 24 heavy (non-hydrogen) atoms. The van der Waals surface area contributed by atoms with E-state index in [-0.39, 0.29) is 24.2 Å². The minimum Gasteiger partial charge on any atom is -0.364 e. The average Bonchev–Trinajstić information content (AvgIpc) is 3.20. The molecule has 6 heteroatoms. The van der Waals surface area contributed by atoms with Gasteiger partial charge in [0, 0.05) is 34.6 Å². The van der Waals surface area contributed by atoms with Crippen LogP contribution in [-0.4, -0.2) is 21.4 Å². The quantitative estimate of drug-likeness (QED) is 0.707. The minimum atomic E-state index is -0.135. The molecule has 1 aromatic carbocycles. The van der Waals surface area contributed by atoms with Crippen LogP contribution in [0.5, 0.6) is 0 Å². The zero-order valence-electron chi connectivity index (χ0n) is 13.1. The number of nitrogens with one attached hydrogen (secondary N) is 1. The van der Waals surface area contributed by atoms with Crippen molar-refractivity contribution in [3.63, 3.8) is 0 Å². The number of ketones is 1. The lowest BCUT2D eigenvalue weighted by Gasteiger charge is -2.05. The van der Waals surface area contributed by atoms with E-state index in [1.165, 1.54) is 6.26 Å². The van der Waals surface area contributed by atoms with E-state index >= 15 is 0 Å². The second-order valence-corrected chi connectivity index (χ2v) is 6.09. The van der Waals surface area contributed by atoms with Crippen molar-refractivity contribution in [1.29, 1.82) is 0 Å². The van der Waals surface area contributed by atoms with Crippen LogP contribution in [-0.2, 0) is 17.9 Å². The summed E-state index contributed by atoms with van der Waals surface area (Å²) in [6.07, 6.45) is 5.21. The summed E-state index contributed by atoms with van der Waals surface area (Å²) in [7, 11) is 0. The fourth-order valence-corrected chi connectivity index (χ4v) is 2.87. The second-order valence-electron chi connectivity index (χ2n) is 6.09. The molecular formula is C18H17N3O3. The lowest BCUT2D eigenvalue weighted by molar-refractivity contribution is -0.121. The maximum absolute atomic E-state index is 12.5. The van der Waals surface area contributed by atoms with Gasteiger partial charge in [-0.25, -0.2) is 0 Å². The van der Waals surface area contributed by atoms with Crippen molar-refractivity contribution >= 4 is 22.6 Å². The molecule has 3 aromatic rings. The van der Waals surface area contributed by atoms with Gasteiger partial charge in [-0.15, -0.1) is 0 Å². The van der Waals surface area contributed by atoms with Gasteiger partial charge in [-0.05, 0) is 18.9 Å². The van der Waals surface area contributed by atoms with Gasteiger partial charge in [-0.1, -0.05) is 23.4 Å². The van der Waals surface area contributed by atoms with Gasteiger partial charge < -0.3 is 14.4 Å². The number of nitrogens with zero attached hydrogens (tertiary/aromatic N) is 2. The van der Waals surface area contributed by atoms with Crippen LogP contribution < -0.4 is 5.32 Å². The molecule has 0 aliphatic heterocycles. The Bertz CT molecular complexity index is 892. The first-order chi connectivity index (χ1) is 11.7. The molecule has 4 rings (SSSR count). The Morgan fingerprint density at radius 1 is 1.25 bits per heavy atom. The molecule has 1 N–H and O–H groups in total. The van der Waals surface area contributed by atoms with Gasteiger partial charge in [-0.3, -0.25) is 9.59 Å². The summed E-state index contributed by atoms with van der Waals surface area (Å²) < 4.78 is 6.57. The summed E-state index contributed by atoms with van der Waals surface area (Å²) >= 11 is 0. The SMILES string of the molecule is O=C(Cn1cc(C(=O)C2CC2)c2ccccc21)NCc1ccon1. The van der Waals surface area contributed by atoms with Crippen LogP contribution in [0.4, 0.5) is 0 Å². The number of aromatic nitrogens is 2. The first-order valence-electron chi connectivity index (χ1n) is 8.00. The molecule has 122 valence electrons. The van der Waals surface area contributed by atoms with E-state index in [4.69, 9.17) is 4.52 Å². The van der Waals surface area contributed by atoms with Crippen molar-refractivity contribution in [3.8, 4) is 0 Å².